The Morgan fingerprint density at radius 2 is 2.00 bits per heavy atom. The molecule has 5 heteroatoms. The van der Waals surface area contributed by atoms with E-state index in [1.165, 1.54) is 7.11 Å². The van der Waals surface area contributed by atoms with Crippen LogP contribution in [0.1, 0.15) is 52.9 Å². The van der Waals surface area contributed by atoms with E-state index in [9.17, 15) is 9.59 Å². The Kier molecular flexibility index (Phi) is 7.15. The van der Waals surface area contributed by atoms with E-state index in [1.54, 1.807) is 6.92 Å². The predicted octanol–water partition coefficient (Wildman–Crippen LogP) is 1.86. The molecule has 0 aromatic rings. The summed E-state index contributed by atoms with van der Waals surface area (Å²) >= 11 is 0. The molecule has 1 amide bonds. The van der Waals surface area contributed by atoms with Crippen molar-refractivity contribution < 1.29 is 14.3 Å². The van der Waals surface area contributed by atoms with Crippen molar-refractivity contribution in [3.63, 3.8) is 0 Å². The normalized spacial score (nSPS) is 20.4. The second-order valence-electron chi connectivity index (χ2n) is 6.39. The molecule has 0 aromatic heterocycles. The van der Waals surface area contributed by atoms with Gasteiger partial charge >= 0.3 is 5.97 Å². The van der Waals surface area contributed by atoms with Crippen LogP contribution in [0.3, 0.4) is 0 Å². The van der Waals surface area contributed by atoms with E-state index < -0.39 is 5.54 Å². The van der Waals surface area contributed by atoms with Crippen LogP contribution in [0.4, 0.5) is 0 Å². The highest BCUT2D eigenvalue weighted by molar-refractivity contribution is 5.87. The van der Waals surface area contributed by atoms with Crippen molar-refractivity contribution in [3.05, 3.63) is 0 Å². The fourth-order valence-electron chi connectivity index (χ4n) is 3.17. The first-order chi connectivity index (χ1) is 9.92. The first-order valence-electron chi connectivity index (χ1n) is 8.03. The molecule has 2 atom stereocenters. The summed E-state index contributed by atoms with van der Waals surface area (Å²) in [6.45, 7) is 7.93. The standard InChI is InChI=1S/C16H30N2O3/c1-5-8-16(3,15(20)21-4)18-14(19)11-12(2)13-6-9-17-10-7-13/h12-13,17H,5-11H2,1-4H3,(H,18,19). The van der Waals surface area contributed by atoms with Crippen molar-refractivity contribution in [2.45, 2.75) is 58.4 Å². The van der Waals surface area contributed by atoms with Gasteiger partial charge in [0.05, 0.1) is 7.11 Å². The van der Waals surface area contributed by atoms with Crippen molar-refractivity contribution in [2.75, 3.05) is 20.2 Å². The average molecular weight is 298 g/mol. The molecule has 1 heterocycles. The number of ether oxygens (including phenoxy) is 1. The van der Waals surface area contributed by atoms with Crippen LogP contribution < -0.4 is 10.6 Å². The van der Waals surface area contributed by atoms with Gasteiger partial charge in [-0.25, -0.2) is 4.79 Å². The Hall–Kier alpha value is -1.10. The molecule has 0 aliphatic carbocycles. The Bertz CT molecular complexity index is 353. The summed E-state index contributed by atoms with van der Waals surface area (Å²) in [7, 11) is 1.36. The summed E-state index contributed by atoms with van der Waals surface area (Å²) in [5, 5.41) is 6.22. The van der Waals surface area contributed by atoms with Crippen molar-refractivity contribution in [1.29, 1.82) is 0 Å². The summed E-state index contributed by atoms with van der Waals surface area (Å²) < 4.78 is 4.83. The molecule has 21 heavy (non-hydrogen) atoms. The summed E-state index contributed by atoms with van der Waals surface area (Å²) in [5.74, 6) is 0.512. The van der Waals surface area contributed by atoms with Gasteiger partial charge in [-0.3, -0.25) is 4.79 Å². The van der Waals surface area contributed by atoms with Gasteiger partial charge in [0.25, 0.3) is 0 Å². The third-order valence-electron chi connectivity index (χ3n) is 4.50. The number of hydrogen-bond donors (Lipinski definition) is 2. The Labute approximate surface area is 128 Å². The minimum Gasteiger partial charge on any atom is -0.467 e. The van der Waals surface area contributed by atoms with Crippen LogP contribution in [-0.4, -0.2) is 37.6 Å². The number of nitrogens with one attached hydrogen (secondary N) is 2. The molecule has 0 aromatic carbocycles. The van der Waals surface area contributed by atoms with E-state index in [0.717, 1.165) is 32.4 Å². The van der Waals surface area contributed by atoms with Gasteiger partial charge in [0.15, 0.2) is 0 Å². The summed E-state index contributed by atoms with van der Waals surface area (Å²) in [5.41, 5.74) is -0.908. The lowest BCUT2D eigenvalue weighted by Crippen LogP contribution is -2.53. The maximum Gasteiger partial charge on any atom is 0.331 e. The summed E-state index contributed by atoms with van der Waals surface area (Å²) in [6, 6.07) is 0. The molecule has 2 unspecified atom stereocenters. The van der Waals surface area contributed by atoms with Gasteiger partial charge in [-0.15, -0.1) is 0 Å². The number of esters is 1. The fraction of sp³-hybridized carbons (Fsp3) is 0.875. The van der Waals surface area contributed by atoms with Crippen LogP contribution in [0.5, 0.6) is 0 Å². The van der Waals surface area contributed by atoms with Gasteiger partial charge in [-0.2, -0.15) is 0 Å². The summed E-state index contributed by atoms with van der Waals surface area (Å²) in [4.78, 5) is 24.2. The third-order valence-corrected chi connectivity index (χ3v) is 4.50. The maximum atomic E-state index is 12.3. The van der Waals surface area contributed by atoms with Gasteiger partial charge in [0.2, 0.25) is 5.91 Å². The molecule has 1 saturated heterocycles. The predicted molar refractivity (Wildman–Crippen MR) is 82.8 cm³/mol. The van der Waals surface area contributed by atoms with Gasteiger partial charge < -0.3 is 15.4 Å². The minimum absolute atomic E-state index is 0.0533. The molecular weight excluding hydrogens is 268 g/mol. The number of rotatable bonds is 7. The molecule has 0 spiro atoms. The molecule has 0 saturated carbocycles. The molecule has 1 fully saturated rings. The lowest BCUT2D eigenvalue weighted by atomic mass is 9.83. The van der Waals surface area contributed by atoms with Gasteiger partial charge in [-0.1, -0.05) is 20.3 Å². The minimum atomic E-state index is -0.908. The molecule has 122 valence electrons. The molecule has 5 nitrogen and oxygen atoms in total. The van der Waals surface area contributed by atoms with Crippen molar-refractivity contribution in [2.24, 2.45) is 11.8 Å². The average Bonchev–Trinajstić information content (AvgIpc) is 2.47. The molecule has 0 bridgehead atoms. The van der Waals surface area contributed by atoms with E-state index >= 15 is 0 Å². The van der Waals surface area contributed by atoms with Crippen molar-refractivity contribution in [1.82, 2.24) is 10.6 Å². The SMILES string of the molecule is CCCC(C)(NC(=O)CC(C)C1CCNCC1)C(=O)OC. The van der Waals surface area contributed by atoms with Crippen LogP contribution in [0.25, 0.3) is 0 Å². The zero-order valence-electron chi connectivity index (χ0n) is 13.8. The van der Waals surface area contributed by atoms with E-state index in [1.807, 2.05) is 6.92 Å². The first-order valence-corrected chi connectivity index (χ1v) is 8.03. The van der Waals surface area contributed by atoms with Gasteiger partial charge in [0.1, 0.15) is 5.54 Å². The number of hydrogen-bond acceptors (Lipinski definition) is 4. The molecule has 1 aliphatic heterocycles. The number of methoxy groups -OCH3 is 1. The Morgan fingerprint density at radius 1 is 1.38 bits per heavy atom. The van der Waals surface area contributed by atoms with Crippen LogP contribution in [0.15, 0.2) is 0 Å². The lowest BCUT2D eigenvalue weighted by molar-refractivity contribution is -0.150. The van der Waals surface area contributed by atoms with Crippen molar-refractivity contribution in [3.8, 4) is 0 Å². The quantitative estimate of drug-likeness (QED) is 0.704. The zero-order valence-corrected chi connectivity index (χ0v) is 13.8. The molecule has 0 radical (unpaired) electrons. The van der Waals surface area contributed by atoms with E-state index in [-0.39, 0.29) is 11.9 Å². The Balaban J connectivity index is 2.54. The fourth-order valence-corrected chi connectivity index (χ4v) is 3.17. The third kappa shape index (κ3) is 5.30. The summed E-state index contributed by atoms with van der Waals surface area (Å²) in [6.07, 6.45) is 4.12. The van der Waals surface area contributed by atoms with Crippen LogP contribution in [-0.2, 0) is 14.3 Å². The molecule has 2 N–H and O–H groups in total. The number of carbonyl (C=O) groups is 2. The van der Waals surface area contributed by atoms with E-state index in [2.05, 4.69) is 17.6 Å². The highest BCUT2D eigenvalue weighted by atomic mass is 16.5. The van der Waals surface area contributed by atoms with Gasteiger partial charge in [-0.05, 0) is 51.1 Å². The van der Waals surface area contributed by atoms with Gasteiger partial charge in [0, 0.05) is 6.42 Å². The Morgan fingerprint density at radius 3 is 2.52 bits per heavy atom. The zero-order chi connectivity index (χ0) is 15.9. The second kappa shape index (κ2) is 8.37. The largest absolute Gasteiger partial charge is 0.467 e. The number of piperidine rings is 1. The van der Waals surface area contributed by atoms with E-state index in [4.69, 9.17) is 4.74 Å². The topological polar surface area (TPSA) is 67.4 Å². The number of carbonyl (C=O) groups excluding carboxylic acids is 2. The highest BCUT2D eigenvalue weighted by Crippen LogP contribution is 2.25. The monoisotopic (exact) mass is 298 g/mol. The van der Waals surface area contributed by atoms with Crippen molar-refractivity contribution >= 4 is 11.9 Å². The molecular formula is C16H30N2O3. The molecule has 1 aliphatic rings. The number of amides is 1. The highest BCUT2D eigenvalue weighted by Gasteiger charge is 2.35. The van der Waals surface area contributed by atoms with Crippen LogP contribution in [0, 0.1) is 11.8 Å². The smallest absolute Gasteiger partial charge is 0.331 e. The molecule has 1 rings (SSSR count). The van der Waals surface area contributed by atoms with Crippen LogP contribution >= 0.6 is 0 Å². The maximum absolute atomic E-state index is 12.3. The first kappa shape index (κ1) is 18.0. The second-order valence-corrected chi connectivity index (χ2v) is 6.39. The lowest BCUT2D eigenvalue weighted by Gasteiger charge is -2.31. The van der Waals surface area contributed by atoms with E-state index in [0.29, 0.717) is 24.7 Å². The van der Waals surface area contributed by atoms with Crippen LogP contribution in [0.2, 0.25) is 0 Å².